The fourth-order valence-electron chi connectivity index (χ4n) is 2.41. The summed E-state index contributed by atoms with van der Waals surface area (Å²) in [6.07, 6.45) is 1.24. The number of carboxylic acid groups (broad SMARTS) is 1. The number of rotatable bonds is 5. The average molecular weight is 328 g/mol. The van der Waals surface area contributed by atoms with Crippen LogP contribution in [0.2, 0.25) is 5.02 Å². The Morgan fingerprint density at radius 3 is 2.52 bits per heavy atom. The summed E-state index contributed by atoms with van der Waals surface area (Å²) in [6.45, 7) is 0. The van der Waals surface area contributed by atoms with Gasteiger partial charge in [0, 0.05) is 10.6 Å². The van der Waals surface area contributed by atoms with E-state index in [1.165, 1.54) is 0 Å². The summed E-state index contributed by atoms with van der Waals surface area (Å²) in [5, 5.41) is 19.5. The number of carboxylic acids is 1. The number of aromatic amines is 1. The van der Waals surface area contributed by atoms with Crippen molar-refractivity contribution in [2.45, 2.75) is 12.8 Å². The second-order valence-corrected chi connectivity index (χ2v) is 5.53. The molecule has 23 heavy (non-hydrogen) atoms. The van der Waals surface area contributed by atoms with Crippen LogP contribution in [0.5, 0.6) is 0 Å². The monoisotopic (exact) mass is 327 g/mol. The topological polar surface area (TPSA) is 78.9 Å². The van der Waals surface area contributed by atoms with Gasteiger partial charge in [0.25, 0.3) is 0 Å². The van der Waals surface area contributed by atoms with E-state index in [1.807, 2.05) is 48.5 Å². The molecule has 3 aromatic rings. The van der Waals surface area contributed by atoms with E-state index in [1.54, 1.807) is 0 Å². The van der Waals surface area contributed by atoms with Crippen molar-refractivity contribution in [1.29, 1.82) is 0 Å². The Hall–Kier alpha value is -2.66. The highest BCUT2D eigenvalue weighted by Crippen LogP contribution is 2.27. The van der Waals surface area contributed by atoms with Gasteiger partial charge in [0.1, 0.15) is 0 Å². The Labute approximate surface area is 137 Å². The van der Waals surface area contributed by atoms with Crippen LogP contribution in [-0.2, 0) is 12.8 Å². The number of H-pyrrole nitrogens is 1. The molecular weight excluding hydrogens is 314 g/mol. The molecule has 0 fully saturated rings. The van der Waals surface area contributed by atoms with Gasteiger partial charge in [-0.1, -0.05) is 59.3 Å². The van der Waals surface area contributed by atoms with E-state index < -0.39 is 5.97 Å². The largest absolute Gasteiger partial charge is 0.476 e. The Balaban J connectivity index is 1.72. The van der Waals surface area contributed by atoms with Gasteiger partial charge in [0.2, 0.25) is 0 Å². The lowest BCUT2D eigenvalue weighted by atomic mass is 10.0. The van der Waals surface area contributed by atoms with Crippen molar-refractivity contribution in [3.63, 3.8) is 0 Å². The van der Waals surface area contributed by atoms with Gasteiger partial charge in [-0.15, -0.1) is 5.10 Å². The van der Waals surface area contributed by atoms with Crippen molar-refractivity contribution in [2.75, 3.05) is 0 Å². The zero-order valence-corrected chi connectivity index (χ0v) is 12.9. The molecule has 0 aliphatic heterocycles. The van der Waals surface area contributed by atoms with Crippen LogP contribution in [0.15, 0.2) is 48.5 Å². The van der Waals surface area contributed by atoms with Gasteiger partial charge in [-0.25, -0.2) is 4.79 Å². The van der Waals surface area contributed by atoms with Crippen molar-refractivity contribution in [3.8, 4) is 11.1 Å². The first-order valence-electron chi connectivity index (χ1n) is 7.12. The molecule has 0 aliphatic rings. The fourth-order valence-corrected chi connectivity index (χ4v) is 2.66. The smallest absolute Gasteiger partial charge is 0.358 e. The number of hydrogen-bond acceptors (Lipinski definition) is 3. The van der Waals surface area contributed by atoms with Crippen LogP contribution in [0.1, 0.15) is 21.7 Å². The normalized spacial score (nSPS) is 10.7. The van der Waals surface area contributed by atoms with Crippen LogP contribution in [0, 0.1) is 0 Å². The van der Waals surface area contributed by atoms with Crippen molar-refractivity contribution < 1.29 is 9.90 Å². The number of halogens is 1. The van der Waals surface area contributed by atoms with Crippen LogP contribution in [-0.4, -0.2) is 26.5 Å². The van der Waals surface area contributed by atoms with Crippen LogP contribution in [0.3, 0.4) is 0 Å². The summed E-state index contributed by atoms with van der Waals surface area (Å²) in [7, 11) is 0. The summed E-state index contributed by atoms with van der Waals surface area (Å²) < 4.78 is 0. The van der Waals surface area contributed by atoms with Gasteiger partial charge < -0.3 is 5.11 Å². The van der Waals surface area contributed by atoms with Gasteiger partial charge in [-0.3, -0.25) is 5.10 Å². The molecule has 0 atom stereocenters. The molecule has 116 valence electrons. The molecule has 0 unspecified atom stereocenters. The van der Waals surface area contributed by atoms with E-state index in [0.717, 1.165) is 21.7 Å². The van der Waals surface area contributed by atoms with Gasteiger partial charge in [0.05, 0.1) is 5.69 Å². The van der Waals surface area contributed by atoms with Crippen molar-refractivity contribution in [3.05, 3.63) is 70.5 Å². The summed E-state index contributed by atoms with van der Waals surface area (Å²) >= 11 is 6.20. The molecule has 2 N–H and O–H groups in total. The minimum Gasteiger partial charge on any atom is -0.476 e. The molecule has 5 nitrogen and oxygen atoms in total. The van der Waals surface area contributed by atoms with Crippen molar-refractivity contribution in [1.82, 2.24) is 15.4 Å². The third-order valence-corrected chi connectivity index (χ3v) is 3.96. The number of carbonyl (C=O) groups is 1. The maximum atomic E-state index is 11.0. The molecule has 0 amide bonds. The number of nitrogens with one attached hydrogen (secondary N) is 1. The third-order valence-electron chi connectivity index (χ3n) is 3.63. The number of nitrogens with zero attached hydrogens (tertiary/aromatic N) is 2. The minimum absolute atomic E-state index is 0.0160. The minimum atomic E-state index is -1.07. The van der Waals surface area contributed by atoms with E-state index in [4.69, 9.17) is 16.7 Å². The number of aromatic nitrogens is 3. The molecule has 3 rings (SSSR count). The molecule has 2 aromatic carbocycles. The summed E-state index contributed by atoms with van der Waals surface area (Å²) in [5.74, 6) is -1.07. The predicted octanol–water partition coefficient (Wildman–Crippen LogP) is 3.61. The summed E-state index contributed by atoms with van der Waals surface area (Å²) in [4.78, 5) is 11.0. The van der Waals surface area contributed by atoms with Crippen molar-refractivity contribution >= 4 is 17.6 Å². The van der Waals surface area contributed by atoms with Crippen LogP contribution in [0.4, 0.5) is 0 Å². The van der Waals surface area contributed by atoms with Gasteiger partial charge in [-0.2, -0.15) is 0 Å². The maximum Gasteiger partial charge on any atom is 0.358 e. The van der Waals surface area contributed by atoms with Crippen LogP contribution < -0.4 is 0 Å². The molecule has 0 aliphatic carbocycles. The SMILES string of the molecule is O=C(O)c1nn[nH]c1CCc1ccc(-c2ccccc2Cl)cc1. The Bertz CT molecular complexity index is 828. The number of benzene rings is 2. The second kappa shape index (κ2) is 6.62. The Morgan fingerprint density at radius 1 is 1.09 bits per heavy atom. The van der Waals surface area contributed by atoms with Crippen molar-refractivity contribution in [2.24, 2.45) is 0 Å². The highest BCUT2D eigenvalue weighted by molar-refractivity contribution is 6.33. The molecular formula is C17H14ClN3O2. The number of hydrogen-bond donors (Lipinski definition) is 2. The first kappa shape index (κ1) is 15.2. The summed E-state index contributed by atoms with van der Waals surface area (Å²) in [5.41, 5.74) is 3.66. The van der Waals surface area contributed by atoms with E-state index in [9.17, 15) is 4.79 Å². The third kappa shape index (κ3) is 3.40. The summed E-state index contributed by atoms with van der Waals surface area (Å²) in [6, 6.07) is 15.8. The molecule has 0 saturated carbocycles. The standard InChI is InChI=1S/C17H14ClN3O2/c18-14-4-2-1-3-13(14)12-8-5-11(6-9-12)7-10-15-16(17(22)23)20-21-19-15/h1-6,8-9H,7,10H2,(H,22,23)(H,19,20,21). The Kier molecular flexibility index (Phi) is 4.39. The van der Waals surface area contributed by atoms with E-state index in [2.05, 4.69) is 15.4 Å². The van der Waals surface area contributed by atoms with Gasteiger partial charge >= 0.3 is 5.97 Å². The predicted molar refractivity (Wildman–Crippen MR) is 87.6 cm³/mol. The molecule has 0 radical (unpaired) electrons. The first-order valence-corrected chi connectivity index (χ1v) is 7.50. The molecule has 6 heteroatoms. The lowest BCUT2D eigenvalue weighted by Crippen LogP contribution is -2.03. The Morgan fingerprint density at radius 2 is 1.83 bits per heavy atom. The van der Waals surface area contributed by atoms with Crippen LogP contribution in [0.25, 0.3) is 11.1 Å². The first-order chi connectivity index (χ1) is 11.1. The van der Waals surface area contributed by atoms with E-state index in [0.29, 0.717) is 18.5 Å². The lowest BCUT2D eigenvalue weighted by molar-refractivity contribution is 0.0689. The van der Waals surface area contributed by atoms with Gasteiger partial charge in [-0.05, 0) is 30.0 Å². The maximum absolute atomic E-state index is 11.0. The van der Waals surface area contributed by atoms with Crippen LogP contribution >= 0.6 is 11.6 Å². The van der Waals surface area contributed by atoms with E-state index >= 15 is 0 Å². The second-order valence-electron chi connectivity index (χ2n) is 5.12. The fraction of sp³-hybridized carbons (Fsp3) is 0.118. The molecule has 0 saturated heterocycles. The molecule has 1 heterocycles. The average Bonchev–Trinajstić information content (AvgIpc) is 3.03. The van der Waals surface area contributed by atoms with E-state index in [-0.39, 0.29) is 5.69 Å². The van der Waals surface area contributed by atoms with Gasteiger partial charge in [0.15, 0.2) is 5.69 Å². The lowest BCUT2D eigenvalue weighted by Gasteiger charge is -2.06. The quantitative estimate of drug-likeness (QED) is 0.750. The zero-order valence-electron chi connectivity index (χ0n) is 12.2. The number of aryl methyl sites for hydroxylation is 2. The number of aromatic carboxylic acids is 1. The molecule has 1 aromatic heterocycles. The highest BCUT2D eigenvalue weighted by Gasteiger charge is 2.14. The zero-order chi connectivity index (χ0) is 16.2. The highest BCUT2D eigenvalue weighted by atomic mass is 35.5. The molecule has 0 bridgehead atoms. The molecule has 0 spiro atoms.